The Morgan fingerprint density at radius 1 is 1.41 bits per heavy atom. The molecule has 1 heterocycles. The van der Waals surface area contributed by atoms with Crippen molar-refractivity contribution >= 4 is 5.91 Å². The fraction of sp³-hybridized carbons (Fsp3) is 0.412. The van der Waals surface area contributed by atoms with Crippen molar-refractivity contribution in [3.8, 4) is 0 Å². The molecule has 0 unspecified atom stereocenters. The largest absolute Gasteiger partial charge is 0.330 e. The number of aromatic nitrogens is 2. The molecule has 0 N–H and O–H groups in total. The lowest BCUT2D eigenvalue weighted by Crippen LogP contribution is -2.44. The van der Waals surface area contributed by atoms with Gasteiger partial charge in [0.2, 0.25) is 0 Å². The Morgan fingerprint density at radius 3 is 2.68 bits per heavy atom. The molecular formula is C17H20FN3O. The average molecular weight is 301 g/mol. The first-order chi connectivity index (χ1) is 10.6. The van der Waals surface area contributed by atoms with E-state index in [0.29, 0.717) is 17.8 Å². The van der Waals surface area contributed by atoms with Crippen molar-refractivity contribution in [1.29, 1.82) is 0 Å². The van der Waals surface area contributed by atoms with Crippen LogP contribution in [0.4, 0.5) is 4.39 Å². The molecule has 1 aliphatic carbocycles. The molecule has 5 heteroatoms. The van der Waals surface area contributed by atoms with E-state index in [2.05, 4.69) is 5.10 Å². The van der Waals surface area contributed by atoms with Crippen molar-refractivity contribution in [2.45, 2.75) is 38.8 Å². The van der Waals surface area contributed by atoms with Gasteiger partial charge in [-0.3, -0.25) is 9.48 Å². The van der Waals surface area contributed by atoms with Gasteiger partial charge >= 0.3 is 0 Å². The third-order valence-electron chi connectivity index (χ3n) is 4.30. The first kappa shape index (κ1) is 14.8. The van der Waals surface area contributed by atoms with Crippen molar-refractivity contribution in [3.05, 3.63) is 53.1 Å². The number of amides is 1. The maximum Gasteiger partial charge on any atom is 0.272 e. The zero-order valence-electron chi connectivity index (χ0n) is 12.9. The summed E-state index contributed by atoms with van der Waals surface area (Å²) in [6, 6.07) is 8.63. The second-order valence-corrected chi connectivity index (χ2v) is 5.90. The molecule has 1 aromatic carbocycles. The maximum absolute atomic E-state index is 13.9. The van der Waals surface area contributed by atoms with E-state index in [1.807, 2.05) is 6.92 Å². The van der Waals surface area contributed by atoms with Crippen LogP contribution in [0, 0.1) is 12.7 Å². The van der Waals surface area contributed by atoms with Crippen LogP contribution in [-0.4, -0.2) is 26.6 Å². The van der Waals surface area contributed by atoms with Crippen LogP contribution in [0.3, 0.4) is 0 Å². The minimum absolute atomic E-state index is 0.0731. The van der Waals surface area contributed by atoms with Crippen LogP contribution in [0.15, 0.2) is 30.3 Å². The summed E-state index contributed by atoms with van der Waals surface area (Å²) in [5.74, 6) is -0.336. The fourth-order valence-electron chi connectivity index (χ4n) is 2.83. The van der Waals surface area contributed by atoms with E-state index in [4.69, 9.17) is 0 Å². The summed E-state index contributed by atoms with van der Waals surface area (Å²) in [6.07, 6.45) is 3.09. The summed E-state index contributed by atoms with van der Waals surface area (Å²) < 4.78 is 15.5. The van der Waals surface area contributed by atoms with Crippen LogP contribution in [0.2, 0.25) is 0 Å². The molecule has 1 aromatic heterocycles. The molecule has 4 nitrogen and oxygen atoms in total. The van der Waals surface area contributed by atoms with Gasteiger partial charge in [-0.2, -0.15) is 5.10 Å². The van der Waals surface area contributed by atoms with Crippen molar-refractivity contribution in [2.75, 3.05) is 0 Å². The lowest BCUT2D eigenvalue weighted by Gasteiger charge is -2.37. The van der Waals surface area contributed by atoms with Crippen molar-refractivity contribution in [1.82, 2.24) is 14.7 Å². The second kappa shape index (κ2) is 5.91. The molecular weight excluding hydrogens is 281 g/mol. The number of carbonyl (C=O) groups is 1. The average Bonchev–Trinajstić information content (AvgIpc) is 2.76. The molecule has 1 aliphatic rings. The molecule has 0 spiro atoms. The highest BCUT2D eigenvalue weighted by atomic mass is 19.1. The highest BCUT2D eigenvalue weighted by Crippen LogP contribution is 2.28. The van der Waals surface area contributed by atoms with Gasteiger partial charge < -0.3 is 4.90 Å². The fourth-order valence-corrected chi connectivity index (χ4v) is 2.83. The van der Waals surface area contributed by atoms with Gasteiger partial charge in [0.05, 0.1) is 5.69 Å². The topological polar surface area (TPSA) is 38.1 Å². The summed E-state index contributed by atoms with van der Waals surface area (Å²) in [6.45, 7) is 2.17. The van der Waals surface area contributed by atoms with E-state index in [1.165, 1.54) is 6.07 Å². The molecule has 116 valence electrons. The lowest BCUT2D eigenvalue weighted by molar-refractivity contribution is 0.0543. The number of hydrogen-bond acceptors (Lipinski definition) is 2. The molecule has 3 rings (SSSR count). The molecule has 0 radical (unpaired) electrons. The van der Waals surface area contributed by atoms with Gasteiger partial charge in [-0.05, 0) is 38.3 Å². The predicted molar refractivity (Wildman–Crippen MR) is 81.9 cm³/mol. The number of nitrogens with zero attached hydrogens (tertiary/aromatic N) is 3. The molecule has 22 heavy (non-hydrogen) atoms. The second-order valence-electron chi connectivity index (χ2n) is 5.90. The molecule has 0 atom stereocenters. The summed E-state index contributed by atoms with van der Waals surface area (Å²) >= 11 is 0. The number of rotatable bonds is 4. The van der Waals surface area contributed by atoms with Gasteiger partial charge in [0.15, 0.2) is 0 Å². The van der Waals surface area contributed by atoms with E-state index >= 15 is 0 Å². The number of carbonyl (C=O) groups excluding carboxylic acids is 1. The third kappa shape index (κ3) is 2.75. The molecule has 2 aromatic rings. The summed E-state index contributed by atoms with van der Waals surface area (Å²) in [5, 5.41) is 4.24. The molecule has 0 bridgehead atoms. The van der Waals surface area contributed by atoms with Gasteiger partial charge in [-0.1, -0.05) is 18.2 Å². The minimum Gasteiger partial charge on any atom is -0.330 e. The SMILES string of the molecule is Cc1cc(C(=O)N(Cc2ccccc2F)C2CCC2)n(C)n1. The normalized spacial score (nSPS) is 14.7. The third-order valence-corrected chi connectivity index (χ3v) is 4.30. The van der Waals surface area contributed by atoms with Crippen LogP contribution >= 0.6 is 0 Å². The van der Waals surface area contributed by atoms with E-state index in [0.717, 1.165) is 25.0 Å². The molecule has 0 aliphatic heterocycles. The summed E-state index contributed by atoms with van der Waals surface area (Å²) in [5.41, 5.74) is 1.92. The van der Waals surface area contributed by atoms with Gasteiger partial charge in [0.25, 0.3) is 5.91 Å². The summed E-state index contributed by atoms with van der Waals surface area (Å²) in [4.78, 5) is 14.7. The molecule has 1 fully saturated rings. The highest BCUT2D eigenvalue weighted by molar-refractivity contribution is 5.93. The first-order valence-corrected chi connectivity index (χ1v) is 7.61. The Kier molecular flexibility index (Phi) is 3.96. The van der Waals surface area contributed by atoms with Gasteiger partial charge in [-0.25, -0.2) is 4.39 Å². The van der Waals surface area contributed by atoms with E-state index < -0.39 is 0 Å². The quantitative estimate of drug-likeness (QED) is 0.870. The van der Waals surface area contributed by atoms with Gasteiger partial charge in [-0.15, -0.1) is 0 Å². The van der Waals surface area contributed by atoms with E-state index in [-0.39, 0.29) is 17.8 Å². The van der Waals surface area contributed by atoms with Crippen molar-refractivity contribution < 1.29 is 9.18 Å². The molecule has 1 amide bonds. The Morgan fingerprint density at radius 2 is 2.14 bits per heavy atom. The lowest BCUT2D eigenvalue weighted by atomic mass is 9.90. The first-order valence-electron chi connectivity index (χ1n) is 7.61. The molecule has 0 saturated heterocycles. The Balaban J connectivity index is 1.88. The summed E-state index contributed by atoms with van der Waals surface area (Å²) in [7, 11) is 1.77. The van der Waals surface area contributed by atoms with Crippen LogP contribution < -0.4 is 0 Å². The van der Waals surface area contributed by atoms with Crippen LogP contribution in [0.1, 0.15) is 41.0 Å². The monoisotopic (exact) mass is 301 g/mol. The minimum atomic E-state index is -0.263. The zero-order chi connectivity index (χ0) is 15.7. The smallest absolute Gasteiger partial charge is 0.272 e. The van der Waals surface area contributed by atoms with Crippen LogP contribution in [-0.2, 0) is 13.6 Å². The zero-order valence-corrected chi connectivity index (χ0v) is 12.9. The van der Waals surface area contributed by atoms with Gasteiger partial charge in [0.1, 0.15) is 11.5 Å². The Hall–Kier alpha value is -2.17. The van der Waals surface area contributed by atoms with E-state index in [1.54, 1.807) is 40.9 Å². The standard InChI is InChI=1S/C17H20FN3O/c1-12-10-16(20(2)19-12)17(22)21(14-7-5-8-14)11-13-6-3-4-9-15(13)18/h3-4,6,9-10,14H,5,7-8,11H2,1-2H3. The molecule has 1 saturated carbocycles. The number of benzene rings is 1. The van der Waals surface area contributed by atoms with Crippen molar-refractivity contribution in [2.24, 2.45) is 7.05 Å². The maximum atomic E-state index is 13.9. The van der Waals surface area contributed by atoms with E-state index in [9.17, 15) is 9.18 Å². The predicted octanol–water partition coefficient (Wildman–Crippen LogP) is 3.06. The highest BCUT2D eigenvalue weighted by Gasteiger charge is 2.31. The number of halogens is 1. The van der Waals surface area contributed by atoms with Gasteiger partial charge in [0, 0.05) is 25.2 Å². The Labute approximate surface area is 129 Å². The van der Waals surface area contributed by atoms with Crippen LogP contribution in [0.5, 0.6) is 0 Å². The Bertz CT molecular complexity index is 691. The number of aryl methyl sites for hydroxylation is 2. The number of hydrogen-bond donors (Lipinski definition) is 0. The van der Waals surface area contributed by atoms with Crippen LogP contribution in [0.25, 0.3) is 0 Å². The van der Waals surface area contributed by atoms with Crippen molar-refractivity contribution in [3.63, 3.8) is 0 Å².